The highest BCUT2D eigenvalue weighted by Crippen LogP contribution is 2.46. The molecule has 2 heterocycles. The highest BCUT2D eigenvalue weighted by atomic mass is 35.5. The Morgan fingerprint density at radius 3 is 2.70 bits per heavy atom. The summed E-state index contributed by atoms with van der Waals surface area (Å²) in [6, 6.07) is 12.8. The first kappa shape index (κ1) is 24.1. The van der Waals surface area contributed by atoms with Crippen LogP contribution in [0, 0.1) is 11.8 Å². The molecule has 192 valence electrons. The molecule has 3 aliphatic rings. The van der Waals surface area contributed by atoms with Gasteiger partial charge in [-0.2, -0.15) is 5.10 Å². The maximum absolute atomic E-state index is 13.8. The van der Waals surface area contributed by atoms with Crippen molar-refractivity contribution >= 4 is 23.4 Å². The monoisotopic (exact) mass is 524 g/mol. The second-order valence-electron chi connectivity index (χ2n) is 10.5. The molecule has 6 nitrogen and oxygen atoms in total. The molecular weight excluding hydrogens is 498 g/mol. The number of aromatic nitrogens is 2. The number of alkyl halides is 2. The first-order valence-corrected chi connectivity index (χ1v) is 13.0. The van der Waals surface area contributed by atoms with E-state index in [-0.39, 0.29) is 42.4 Å². The lowest BCUT2D eigenvalue weighted by molar-refractivity contribution is -0.130. The number of piperidine rings is 1. The number of nitrogens with zero attached hydrogens (tertiary/aromatic N) is 3. The molecule has 2 aromatic carbocycles. The molecule has 3 aromatic rings. The van der Waals surface area contributed by atoms with Crippen LogP contribution in [-0.2, 0) is 17.9 Å². The predicted molar refractivity (Wildman–Crippen MR) is 134 cm³/mol. The third-order valence-electron chi connectivity index (χ3n) is 7.85. The van der Waals surface area contributed by atoms with Crippen molar-refractivity contribution in [3.05, 3.63) is 87.7 Å². The molecule has 9 heteroatoms. The fourth-order valence-corrected chi connectivity index (χ4v) is 5.79. The molecule has 1 aromatic heterocycles. The van der Waals surface area contributed by atoms with Crippen molar-refractivity contribution in [1.29, 1.82) is 0 Å². The Morgan fingerprint density at radius 1 is 1.14 bits per heavy atom. The molecule has 37 heavy (non-hydrogen) atoms. The number of amides is 2. The zero-order chi connectivity index (χ0) is 25.7. The molecular formula is C28H27ClF2N4O2. The van der Waals surface area contributed by atoms with Crippen LogP contribution in [0.5, 0.6) is 0 Å². The number of hydrogen-bond donors (Lipinski definition) is 1. The number of hydrogen-bond acceptors (Lipinski definition) is 3. The molecule has 1 N–H and O–H groups in total. The number of likely N-dealkylation sites (tertiary alicyclic amines) is 1. The molecule has 0 spiro atoms. The predicted octanol–water partition coefficient (Wildman–Crippen LogP) is 5.18. The van der Waals surface area contributed by atoms with Gasteiger partial charge in [0.15, 0.2) is 0 Å². The number of carbonyl (C=O) groups is 2. The van der Waals surface area contributed by atoms with E-state index in [0.29, 0.717) is 40.1 Å². The van der Waals surface area contributed by atoms with E-state index in [9.17, 15) is 18.4 Å². The lowest BCUT2D eigenvalue weighted by atomic mass is 9.76. The number of fused-ring (bicyclic) bond motifs is 1. The van der Waals surface area contributed by atoms with E-state index < -0.39 is 6.43 Å². The van der Waals surface area contributed by atoms with Gasteiger partial charge in [0.1, 0.15) is 0 Å². The second-order valence-corrected chi connectivity index (χ2v) is 10.9. The van der Waals surface area contributed by atoms with Crippen molar-refractivity contribution in [2.24, 2.45) is 11.8 Å². The number of nitrogens with one attached hydrogen (secondary N) is 1. The fraction of sp³-hybridized carbons (Fsp3) is 0.393. The summed E-state index contributed by atoms with van der Waals surface area (Å²) in [6.07, 6.45) is 3.13. The Bertz CT molecular complexity index is 1350. The Morgan fingerprint density at radius 2 is 1.97 bits per heavy atom. The van der Waals surface area contributed by atoms with E-state index >= 15 is 0 Å². The average molecular weight is 525 g/mol. The Balaban J connectivity index is 1.06. The second kappa shape index (κ2) is 9.56. The van der Waals surface area contributed by atoms with Gasteiger partial charge in [-0.05, 0) is 66.0 Å². The minimum absolute atomic E-state index is 0.0600. The van der Waals surface area contributed by atoms with Crippen LogP contribution in [0.3, 0.4) is 0 Å². The van der Waals surface area contributed by atoms with Crippen molar-refractivity contribution < 1.29 is 18.4 Å². The molecule has 2 aliphatic carbocycles. The third kappa shape index (κ3) is 4.99. The summed E-state index contributed by atoms with van der Waals surface area (Å²) in [6.45, 7) is 1.14. The smallest absolute Gasteiger partial charge is 0.264 e. The number of carbonyl (C=O) groups excluding carboxylic acids is 2. The summed E-state index contributed by atoms with van der Waals surface area (Å²) < 4.78 is 29.3. The zero-order valence-corrected chi connectivity index (χ0v) is 20.9. The van der Waals surface area contributed by atoms with Gasteiger partial charge < -0.3 is 10.2 Å². The molecule has 6 rings (SSSR count). The topological polar surface area (TPSA) is 67.2 Å². The minimum Gasteiger partial charge on any atom is -0.349 e. The van der Waals surface area contributed by atoms with Gasteiger partial charge in [0, 0.05) is 41.8 Å². The van der Waals surface area contributed by atoms with Gasteiger partial charge in [0.25, 0.3) is 12.3 Å². The highest BCUT2D eigenvalue weighted by Gasteiger charge is 2.52. The first-order chi connectivity index (χ1) is 17.8. The van der Waals surface area contributed by atoms with E-state index in [1.165, 1.54) is 17.8 Å². The molecule has 0 bridgehead atoms. The minimum atomic E-state index is -2.64. The zero-order valence-electron chi connectivity index (χ0n) is 20.1. The normalized spacial score (nSPS) is 24.2. The van der Waals surface area contributed by atoms with Crippen LogP contribution in [0.15, 0.2) is 54.9 Å². The van der Waals surface area contributed by atoms with Gasteiger partial charge in [-0.1, -0.05) is 35.9 Å². The van der Waals surface area contributed by atoms with E-state index in [4.69, 9.17) is 11.6 Å². The Labute approximate surface area is 218 Å². The average Bonchev–Trinajstić information content (AvgIpc) is 3.34. The summed E-state index contributed by atoms with van der Waals surface area (Å²) in [4.78, 5) is 26.7. The van der Waals surface area contributed by atoms with Crippen LogP contribution in [0.25, 0.3) is 0 Å². The van der Waals surface area contributed by atoms with E-state index in [0.717, 1.165) is 19.3 Å². The molecule has 0 unspecified atom stereocenters. The van der Waals surface area contributed by atoms with Crippen LogP contribution < -0.4 is 5.32 Å². The maximum atomic E-state index is 13.8. The van der Waals surface area contributed by atoms with Gasteiger partial charge in [-0.15, -0.1) is 0 Å². The summed E-state index contributed by atoms with van der Waals surface area (Å²) in [5.41, 5.74) is 2.69. The lowest BCUT2D eigenvalue weighted by Gasteiger charge is -2.36. The van der Waals surface area contributed by atoms with Gasteiger partial charge in [-0.25, -0.2) is 8.78 Å². The molecule has 2 saturated carbocycles. The summed E-state index contributed by atoms with van der Waals surface area (Å²) >= 11 is 6.08. The van der Waals surface area contributed by atoms with Crippen LogP contribution >= 0.6 is 11.6 Å². The Kier molecular flexibility index (Phi) is 6.23. The van der Waals surface area contributed by atoms with Gasteiger partial charge >= 0.3 is 0 Å². The number of halogens is 3. The van der Waals surface area contributed by atoms with Gasteiger partial charge in [0.05, 0.1) is 18.3 Å². The molecule has 2 atom stereocenters. The van der Waals surface area contributed by atoms with Crippen LogP contribution in [0.2, 0.25) is 5.02 Å². The van der Waals surface area contributed by atoms with Crippen LogP contribution in [0.1, 0.15) is 64.2 Å². The molecule has 3 fully saturated rings. The molecule has 1 aliphatic heterocycles. The maximum Gasteiger partial charge on any atom is 0.264 e. The summed E-state index contributed by atoms with van der Waals surface area (Å²) in [5, 5.41) is 8.02. The van der Waals surface area contributed by atoms with Crippen LogP contribution in [-0.4, -0.2) is 39.1 Å². The first-order valence-electron chi connectivity index (χ1n) is 12.6. The van der Waals surface area contributed by atoms with Gasteiger partial charge in [-0.3, -0.25) is 14.3 Å². The van der Waals surface area contributed by atoms with Crippen LogP contribution in [0.4, 0.5) is 8.78 Å². The van der Waals surface area contributed by atoms with E-state index in [1.54, 1.807) is 27.9 Å². The van der Waals surface area contributed by atoms with E-state index in [1.807, 2.05) is 18.2 Å². The summed E-state index contributed by atoms with van der Waals surface area (Å²) in [7, 11) is 0. The number of rotatable bonds is 8. The fourth-order valence-electron chi connectivity index (χ4n) is 5.59. The van der Waals surface area contributed by atoms with Crippen molar-refractivity contribution in [2.45, 2.75) is 50.7 Å². The number of benzene rings is 2. The SMILES string of the molecule is O=C(N[C@H]1C[C@@H](c2cccc(Cl)c2)C1)c1cnn(Cc2ccc(CN3C[C@@H]4C[C@@H]4C3=O)c(C(F)F)c2)c1. The molecule has 1 saturated heterocycles. The third-order valence-corrected chi connectivity index (χ3v) is 8.08. The highest BCUT2D eigenvalue weighted by molar-refractivity contribution is 6.30. The lowest BCUT2D eigenvalue weighted by Crippen LogP contribution is -2.43. The molecule has 0 radical (unpaired) electrons. The van der Waals surface area contributed by atoms with Crippen molar-refractivity contribution in [1.82, 2.24) is 20.0 Å². The quantitative estimate of drug-likeness (QED) is 0.442. The van der Waals surface area contributed by atoms with Crippen molar-refractivity contribution in [2.75, 3.05) is 6.54 Å². The van der Waals surface area contributed by atoms with Crippen molar-refractivity contribution in [3.63, 3.8) is 0 Å². The molecule has 2 amide bonds. The largest absolute Gasteiger partial charge is 0.349 e. The summed E-state index contributed by atoms with van der Waals surface area (Å²) in [5.74, 6) is 0.778. The Hall–Kier alpha value is -3.26. The van der Waals surface area contributed by atoms with Gasteiger partial charge in [0.2, 0.25) is 5.91 Å². The van der Waals surface area contributed by atoms with Crippen molar-refractivity contribution in [3.8, 4) is 0 Å². The standard InChI is InChI=1S/C28H27ClF2N4O2/c29-22-3-1-2-17(7-22)19-8-23(9-19)33-27(36)21-11-32-35(15-21)12-16-4-5-18(24(6-16)26(30)31)13-34-14-20-10-25(20)28(34)37/h1-7,11,15,19-20,23,25-26H,8-10,12-14H2,(H,33,36)/t19-,20-,23+,25-/m0/s1. The van der Waals surface area contributed by atoms with E-state index in [2.05, 4.69) is 16.5 Å².